The number of hydrogen-bond donors (Lipinski definition) is 1. The molecule has 6 nitrogen and oxygen atoms in total. The second-order valence-electron chi connectivity index (χ2n) is 6.10. The fourth-order valence-electron chi connectivity index (χ4n) is 2.94. The van der Waals surface area contributed by atoms with Crippen LogP contribution in [0.1, 0.15) is 16.1 Å². The predicted octanol–water partition coefficient (Wildman–Crippen LogP) is 3.52. The van der Waals surface area contributed by atoms with Gasteiger partial charge in [-0.1, -0.05) is 24.3 Å². The lowest BCUT2D eigenvalue weighted by molar-refractivity contribution is 0.0927. The third-order valence-electron chi connectivity index (χ3n) is 4.33. The van der Waals surface area contributed by atoms with Crippen molar-refractivity contribution in [2.24, 2.45) is 0 Å². The van der Waals surface area contributed by atoms with Gasteiger partial charge in [0.25, 0.3) is 5.91 Å². The first kappa shape index (κ1) is 16.9. The van der Waals surface area contributed by atoms with Crippen LogP contribution in [-0.2, 0) is 6.42 Å². The minimum absolute atomic E-state index is 0.0480. The zero-order chi connectivity index (χ0) is 18.8. The average Bonchev–Trinajstić information content (AvgIpc) is 3.13. The van der Waals surface area contributed by atoms with E-state index < -0.39 is 5.91 Å². The van der Waals surface area contributed by atoms with Gasteiger partial charge in [-0.05, 0) is 36.2 Å². The Hall–Kier alpha value is -3.54. The first-order valence-corrected chi connectivity index (χ1v) is 8.52. The number of nitrogens with one attached hydrogen (secondary N) is 1. The van der Waals surface area contributed by atoms with Crippen LogP contribution in [0.2, 0.25) is 0 Å². The molecule has 27 heavy (non-hydrogen) atoms. The van der Waals surface area contributed by atoms with Crippen molar-refractivity contribution in [2.45, 2.75) is 6.42 Å². The molecule has 136 valence electrons. The number of carbonyl (C=O) groups excluding carboxylic acids is 1. The summed E-state index contributed by atoms with van der Waals surface area (Å²) in [5.74, 6) is 0.476. The number of amides is 1. The Kier molecular flexibility index (Phi) is 4.38. The molecule has 6 heteroatoms. The molecule has 1 amide bonds. The summed E-state index contributed by atoms with van der Waals surface area (Å²) in [6, 6.07) is 16.0. The summed E-state index contributed by atoms with van der Waals surface area (Å²) in [7, 11) is 1.61. The van der Waals surface area contributed by atoms with Crippen LogP contribution in [0.25, 0.3) is 22.1 Å². The van der Waals surface area contributed by atoms with Crippen LogP contribution in [0, 0.1) is 0 Å². The van der Waals surface area contributed by atoms with E-state index in [1.54, 1.807) is 31.4 Å². The van der Waals surface area contributed by atoms with Crippen LogP contribution in [0.5, 0.6) is 5.75 Å². The third kappa shape index (κ3) is 3.29. The number of furan rings is 1. The molecule has 0 saturated heterocycles. The Balaban J connectivity index is 1.51. The molecule has 0 spiro atoms. The monoisotopic (exact) mass is 363 g/mol. The van der Waals surface area contributed by atoms with E-state index in [9.17, 15) is 9.59 Å². The van der Waals surface area contributed by atoms with Gasteiger partial charge in [0.15, 0.2) is 5.76 Å². The minimum Gasteiger partial charge on any atom is -0.497 e. The summed E-state index contributed by atoms with van der Waals surface area (Å²) < 4.78 is 16.2. The van der Waals surface area contributed by atoms with Gasteiger partial charge in [-0.25, -0.2) is 0 Å². The van der Waals surface area contributed by atoms with Crippen LogP contribution in [0.3, 0.4) is 0 Å². The molecule has 0 atom stereocenters. The van der Waals surface area contributed by atoms with Crippen molar-refractivity contribution in [3.8, 4) is 5.75 Å². The topological polar surface area (TPSA) is 81.7 Å². The largest absolute Gasteiger partial charge is 0.497 e. The number of ether oxygens (including phenoxy) is 1. The zero-order valence-electron chi connectivity index (χ0n) is 14.7. The maximum atomic E-state index is 12.5. The standard InChI is InChI=1S/C21H17NO5/c1-25-14-6-4-5-13(11-14)9-10-22-20(24)18-12-16-19(23)15-7-2-3-8-17(15)26-21(16)27-18/h2-8,11-12H,9-10H2,1H3,(H,22,24). The van der Waals surface area contributed by atoms with E-state index in [1.807, 2.05) is 24.3 Å². The predicted molar refractivity (Wildman–Crippen MR) is 101 cm³/mol. The number of fused-ring (bicyclic) bond motifs is 2. The highest BCUT2D eigenvalue weighted by molar-refractivity contribution is 5.97. The summed E-state index contributed by atoms with van der Waals surface area (Å²) >= 11 is 0. The zero-order valence-corrected chi connectivity index (χ0v) is 14.7. The van der Waals surface area contributed by atoms with E-state index in [1.165, 1.54) is 6.07 Å². The van der Waals surface area contributed by atoms with Gasteiger partial charge in [0.05, 0.1) is 12.5 Å². The molecule has 0 aliphatic rings. The van der Waals surface area contributed by atoms with Gasteiger partial charge >= 0.3 is 5.78 Å². The van der Waals surface area contributed by atoms with Crippen molar-refractivity contribution in [2.75, 3.05) is 13.7 Å². The molecule has 0 fully saturated rings. The Morgan fingerprint density at radius 1 is 1.04 bits per heavy atom. The van der Waals surface area contributed by atoms with Crippen LogP contribution in [0.4, 0.5) is 0 Å². The van der Waals surface area contributed by atoms with Crippen molar-refractivity contribution in [3.05, 3.63) is 76.1 Å². The first-order valence-electron chi connectivity index (χ1n) is 8.52. The normalized spacial score (nSPS) is 11.0. The maximum absolute atomic E-state index is 12.5. The number of methoxy groups -OCH3 is 1. The summed E-state index contributed by atoms with van der Waals surface area (Å²) in [4.78, 5) is 24.9. The van der Waals surface area contributed by atoms with Gasteiger partial charge in [-0.3, -0.25) is 9.59 Å². The van der Waals surface area contributed by atoms with E-state index in [-0.39, 0.29) is 22.4 Å². The summed E-state index contributed by atoms with van der Waals surface area (Å²) in [5.41, 5.74) is 1.25. The molecule has 0 radical (unpaired) electrons. The summed E-state index contributed by atoms with van der Waals surface area (Å²) in [5, 5.41) is 3.50. The van der Waals surface area contributed by atoms with Gasteiger partial charge in [-0.15, -0.1) is 0 Å². The van der Waals surface area contributed by atoms with Crippen molar-refractivity contribution in [1.82, 2.24) is 5.32 Å². The lowest BCUT2D eigenvalue weighted by Gasteiger charge is -2.05. The molecule has 0 saturated carbocycles. The second-order valence-corrected chi connectivity index (χ2v) is 6.10. The lowest BCUT2D eigenvalue weighted by atomic mass is 10.1. The number of rotatable bonds is 5. The van der Waals surface area contributed by atoms with E-state index in [4.69, 9.17) is 13.6 Å². The van der Waals surface area contributed by atoms with Gasteiger partial charge in [0.2, 0.25) is 5.43 Å². The molecule has 0 aliphatic carbocycles. The third-order valence-corrected chi connectivity index (χ3v) is 4.33. The van der Waals surface area contributed by atoms with Crippen molar-refractivity contribution in [3.63, 3.8) is 0 Å². The second kappa shape index (κ2) is 6.99. The highest BCUT2D eigenvalue weighted by Gasteiger charge is 2.17. The molecule has 0 aliphatic heterocycles. The Bertz CT molecular complexity index is 1190. The van der Waals surface area contributed by atoms with Crippen LogP contribution in [-0.4, -0.2) is 19.6 Å². The van der Waals surface area contributed by atoms with Crippen LogP contribution < -0.4 is 15.5 Å². The smallest absolute Gasteiger partial charge is 0.302 e. The molecule has 4 aromatic rings. The number of hydrogen-bond acceptors (Lipinski definition) is 5. The van der Waals surface area contributed by atoms with Crippen molar-refractivity contribution < 1.29 is 18.4 Å². The van der Waals surface area contributed by atoms with E-state index in [0.717, 1.165) is 11.3 Å². The van der Waals surface area contributed by atoms with Gasteiger partial charge in [-0.2, -0.15) is 0 Å². The number of benzene rings is 2. The molecule has 2 heterocycles. The minimum atomic E-state index is -0.396. The molecular weight excluding hydrogens is 346 g/mol. The van der Waals surface area contributed by atoms with E-state index in [0.29, 0.717) is 23.9 Å². The molecule has 0 bridgehead atoms. The highest BCUT2D eigenvalue weighted by atomic mass is 16.5. The van der Waals surface area contributed by atoms with Gasteiger partial charge in [0, 0.05) is 12.6 Å². The number of para-hydroxylation sites is 1. The fraction of sp³-hybridized carbons (Fsp3) is 0.143. The molecule has 4 rings (SSSR count). The summed E-state index contributed by atoms with van der Waals surface area (Å²) in [6.45, 7) is 0.423. The van der Waals surface area contributed by atoms with Crippen molar-refractivity contribution in [1.29, 1.82) is 0 Å². The highest BCUT2D eigenvalue weighted by Crippen LogP contribution is 2.21. The number of carbonyl (C=O) groups is 1. The molecule has 2 aromatic carbocycles. The molecule has 1 N–H and O–H groups in total. The van der Waals surface area contributed by atoms with Gasteiger partial charge in [0.1, 0.15) is 16.7 Å². The van der Waals surface area contributed by atoms with Gasteiger partial charge < -0.3 is 18.9 Å². The van der Waals surface area contributed by atoms with E-state index in [2.05, 4.69) is 5.32 Å². The van der Waals surface area contributed by atoms with E-state index >= 15 is 0 Å². The Morgan fingerprint density at radius 2 is 1.89 bits per heavy atom. The SMILES string of the molecule is COc1cccc(CCNC(=O)c2cc3c(=O)c4ccccc4oc3o2)c1. The van der Waals surface area contributed by atoms with Crippen molar-refractivity contribution >= 4 is 28.0 Å². The average molecular weight is 363 g/mol. The first-order chi connectivity index (χ1) is 13.2. The Morgan fingerprint density at radius 3 is 2.74 bits per heavy atom. The maximum Gasteiger partial charge on any atom is 0.302 e. The fourth-order valence-corrected chi connectivity index (χ4v) is 2.94. The quantitative estimate of drug-likeness (QED) is 0.587. The Labute approximate surface area is 154 Å². The molecule has 2 aromatic heterocycles. The summed E-state index contributed by atoms with van der Waals surface area (Å²) in [6.07, 6.45) is 0.643. The molecule has 0 unspecified atom stereocenters. The molecular formula is C21H17NO5. The van der Waals surface area contributed by atoms with Crippen LogP contribution in [0.15, 0.2) is 68.2 Å². The van der Waals surface area contributed by atoms with Crippen LogP contribution >= 0.6 is 0 Å². The lowest BCUT2D eigenvalue weighted by Crippen LogP contribution is -2.25.